The number of aryl methyl sites for hydroxylation is 1. The van der Waals surface area contributed by atoms with E-state index in [2.05, 4.69) is 28.9 Å². The number of anilines is 1. The van der Waals surface area contributed by atoms with Crippen LogP contribution in [-0.4, -0.2) is 28.8 Å². The summed E-state index contributed by atoms with van der Waals surface area (Å²) in [6, 6.07) is 4.27. The van der Waals surface area contributed by atoms with Gasteiger partial charge in [0.25, 0.3) is 0 Å². The summed E-state index contributed by atoms with van der Waals surface area (Å²) in [5.41, 5.74) is 1.81. The van der Waals surface area contributed by atoms with Gasteiger partial charge < -0.3 is 10.0 Å². The van der Waals surface area contributed by atoms with Gasteiger partial charge in [-0.1, -0.05) is 20.8 Å². The first kappa shape index (κ1) is 17.0. The molecule has 3 heteroatoms. The van der Waals surface area contributed by atoms with Crippen LogP contribution in [0.5, 0.6) is 0 Å². The Bertz CT molecular complexity index is 373. The fourth-order valence-corrected chi connectivity index (χ4v) is 2.66. The van der Waals surface area contributed by atoms with Crippen molar-refractivity contribution < 1.29 is 5.11 Å². The molecule has 0 saturated carbocycles. The summed E-state index contributed by atoms with van der Waals surface area (Å²) in [7, 11) is 0. The third kappa shape index (κ3) is 4.48. The Morgan fingerprint density at radius 2 is 1.85 bits per heavy atom. The van der Waals surface area contributed by atoms with E-state index in [4.69, 9.17) is 0 Å². The average molecular weight is 278 g/mol. The highest BCUT2D eigenvalue weighted by atomic mass is 16.3. The topological polar surface area (TPSA) is 36.4 Å². The van der Waals surface area contributed by atoms with Gasteiger partial charge in [0.2, 0.25) is 0 Å². The smallest absolute Gasteiger partial charge is 0.0621 e. The molecule has 0 amide bonds. The van der Waals surface area contributed by atoms with Crippen LogP contribution in [0, 0.1) is 5.92 Å². The number of pyridine rings is 1. The fourth-order valence-electron chi connectivity index (χ4n) is 2.66. The highest BCUT2D eigenvalue weighted by Gasteiger charge is 2.30. The molecule has 0 atom stereocenters. The lowest BCUT2D eigenvalue weighted by molar-refractivity contribution is 0.00651. The second-order valence-corrected chi connectivity index (χ2v) is 5.78. The molecule has 0 radical (unpaired) electrons. The van der Waals surface area contributed by atoms with Crippen LogP contribution in [0.15, 0.2) is 18.3 Å². The van der Waals surface area contributed by atoms with Crippen molar-refractivity contribution in [1.82, 2.24) is 4.98 Å². The molecule has 114 valence electrons. The van der Waals surface area contributed by atoms with Crippen LogP contribution in [0.2, 0.25) is 0 Å². The Kier molecular flexibility index (Phi) is 6.47. The largest absolute Gasteiger partial charge is 0.390 e. The van der Waals surface area contributed by atoms with Crippen LogP contribution in [0.1, 0.15) is 53.2 Å². The number of nitrogens with zero attached hydrogens (tertiary/aromatic N) is 2. The maximum absolute atomic E-state index is 10.0. The van der Waals surface area contributed by atoms with Crippen LogP contribution >= 0.6 is 0 Å². The number of hydrogen-bond acceptors (Lipinski definition) is 3. The lowest BCUT2D eigenvalue weighted by Crippen LogP contribution is -2.41. The maximum atomic E-state index is 10.0. The molecule has 0 aliphatic carbocycles. The van der Waals surface area contributed by atoms with Crippen molar-refractivity contribution in [2.24, 2.45) is 5.92 Å². The third-order valence-electron chi connectivity index (χ3n) is 4.03. The summed E-state index contributed by atoms with van der Waals surface area (Å²) in [5.74, 6) is 0.414. The van der Waals surface area contributed by atoms with Crippen molar-refractivity contribution >= 4 is 5.69 Å². The molecule has 1 fully saturated rings. The quantitative estimate of drug-likeness (QED) is 0.916. The Morgan fingerprint density at radius 3 is 2.25 bits per heavy atom. The van der Waals surface area contributed by atoms with Gasteiger partial charge >= 0.3 is 0 Å². The normalized spacial score (nSPS) is 16.6. The van der Waals surface area contributed by atoms with Crippen molar-refractivity contribution in [2.75, 3.05) is 18.0 Å². The summed E-state index contributed by atoms with van der Waals surface area (Å²) in [6.45, 7) is 12.0. The second-order valence-electron chi connectivity index (χ2n) is 5.78. The van der Waals surface area contributed by atoms with Gasteiger partial charge in [0.05, 0.1) is 17.5 Å². The van der Waals surface area contributed by atoms with Crippen LogP contribution in [0.4, 0.5) is 5.69 Å². The SMILES string of the molecule is CC.CCc1ccc(N2CCC(C(C)(C)O)CC2)cn1. The van der Waals surface area contributed by atoms with Crippen LogP contribution in [0.25, 0.3) is 0 Å². The zero-order valence-corrected chi connectivity index (χ0v) is 13.7. The van der Waals surface area contributed by atoms with Crippen molar-refractivity contribution in [3.8, 4) is 0 Å². The van der Waals surface area contributed by atoms with E-state index < -0.39 is 5.60 Å². The molecule has 3 nitrogen and oxygen atoms in total. The van der Waals surface area contributed by atoms with E-state index in [9.17, 15) is 5.11 Å². The molecule has 1 aliphatic rings. The Labute approximate surface area is 124 Å². The van der Waals surface area contributed by atoms with Crippen molar-refractivity contribution in [1.29, 1.82) is 0 Å². The number of aliphatic hydroxyl groups is 1. The van der Waals surface area contributed by atoms with Gasteiger partial charge in [-0.3, -0.25) is 4.98 Å². The Morgan fingerprint density at radius 1 is 1.25 bits per heavy atom. The van der Waals surface area contributed by atoms with Gasteiger partial charge in [-0.15, -0.1) is 0 Å². The lowest BCUT2D eigenvalue weighted by Gasteiger charge is -2.38. The monoisotopic (exact) mass is 278 g/mol. The van der Waals surface area contributed by atoms with Crippen LogP contribution in [0.3, 0.4) is 0 Å². The lowest BCUT2D eigenvalue weighted by atomic mass is 9.83. The summed E-state index contributed by atoms with van der Waals surface area (Å²) >= 11 is 0. The molecule has 1 aromatic rings. The number of piperidine rings is 1. The summed E-state index contributed by atoms with van der Waals surface area (Å²) < 4.78 is 0. The van der Waals surface area contributed by atoms with Gasteiger partial charge in [0.15, 0.2) is 0 Å². The predicted molar refractivity (Wildman–Crippen MR) is 86.2 cm³/mol. The molecule has 1 aromatic heterocycles. The molecule has 0 bridgehead atoms. The average Bonchev–Trinajstić information content (AvgIpc) is 2.49. The summed E-state index contributed by atoms with van der Waals surface area (Å²) in [4.78, 5) is 6.82. The van der Waals surface area contributed by atoms with E-state index in [1.807, 2.05) is 33.9 Å². The van der Waals surface area contributed by atoms with E-state index in [-0.39, 0.29) is 0 Å². The van der Waals surface area contributed by atoms with E-state index in [1.165, 1.54) is 5.69 Å². The number of hydrogen-bond donors (Lipinski definition) is 1. The summed E-state index contributed by atoms with van der Waals surface area (Å²) in [5, 5.41) is 10.0. The Balaban J connectivity index is 0.000000956. The first-order valence-corrected chi connectivity index (χ1v) is 7.93. The zero-order chi connectivity index (χ0) is 15.2. The highest BCUT2D eigenvalue weighted by molar-refractivity contribution is 5.45. The minimum Gasteiger partial charge on any atom is -0.390 e. The molecule has 0 unspecified atom stereocenters. The fraction of sp³-hybridized carbons (Fsp3) is 0.706. The van der Waals surface area contributed by atoms with Gasteiger partial charge in [0, 0.05) is 18.8 Å². The minimum atomic E-state index is -0.545. The van der Waals surface area contributed by atoms with E-state index in [0.29, 0.717) is 5.92 Å². The predicted octanol–water partition coefficient (Wildman–Crippen LogP) is 3.66. The number of rotatable bonds is 3. The molecule has 0 aromatic carbocycles. The standard InChI is InChI=1S/C15H24N2O.C2H6/c1-4-13-5-6-14(11-16-13)17-9-7-12(8-10-17)15(2,3)18;1-2/h5-6,11-12,18H,4,7-10H2,1-3H3;1-2H3. The van der Waals surface area contributed by atoms with Crippen molar-refractivity contribution in [3.05, 3.63) is 24.0 Å². The molecule has 1 saturated heterocycles. The molecule has 0 spiro atoms. The summed E-state index contributed by atoms with van der Waals surface area (Å²) in [6.07, 6.45) is 5.07. The molecule has 2 rings (SSSR count). The maximum Gasteiger partial charge on any atom is 0.0621 e. The number of aromatic nitrogens is 1. The highest BCUT2D eigenvalue weighted by Crippen LogP contribution is 2.29. The molecule has 1 N–H and O–H groups in total. The molecule has 20 heavy (non-hydrogen) atoms. The van der Waals surface area contributed by atoms with Crippen molar-refractivity contribution in [2.45, 2.75) is 59.5 Å². The molecular weight excluding hydrogens is 248 g/mol. The van der Waals surface area contributed by atoms with Crippen LogP contribution < -0.4 is 4.90 Å². The van der Waals surface area contributed by atoms with Crippen LogP contribution in [-0.2, 0) is 6.42 Å². The Hall–Kier alpha value is -1.09. The van der Waals surface area contributed by atoms with Gasteiger partial charge in [-0.2, -0.15) is 0 Å². The third-order valence-corrected chi connectivity index (χ3v) is 4.03. The second kappa shape index (κ2) is 7.63. The minimum absolute atomic E-state index is 0.414. The molecule has 2 heterocycles. The van der Waals surface area contributed by atoms with Gasteiger partial charge in [-0.25, -0.2) is 0 Å². The van der Waals surface area contributed by atoms with E-state index in [1.54, 1.807) is 0 Å². The van der Waals surface area contributed by atoms with E-state index in [0.717, 1.165) is 38.0 Å². The molecular formula is C17H30N2O. The van der Waals surface area contributed by atoms with Crippen molar-refractivity contribution in [3.63, 3.8) is 0 Å². The first-order chi connectivity index (χ1) is 9.50. The first-order valence-electron chi connectivity index (χ1n) is 7.93. The van der Waals surface area contributed by atoms with Gasteiger partial charge in [0.1, 0.15) is 0 Å². The molecule has 1 aliphatic heterocycles. The van der Waals surface area contributed by atoms with Gasteiger partial charge in [-0.05, 0) is 51.2 Å². The van der Waals surface area contributed by atoms with E-state index >= 15 is 0 Å². The zero-order valence-electron chi connectivity index (χ0n) is 13.7.